The average molecular weight is 425 g/mol. The van der Waals surface area contributed by atoms with E-state index in [1.165, 1.54) is 0 Å². The standard InChI is InChI=1S/C21H19N3O7/c25-11-14-10-24-9-13(3-6-18(24)22-14)23-20(27)12-1-4-16(5-2-12)30-19-8-15(26)7-17(31-19)21(28)29/h1-6,9-11,15,17,19,26H,7-8H2,(H,23,27)(H,28,29)/t15-,17?,19+/m0/s1. The van der Waals surface area contributed by atoms with E-state index in [0.29, 0.717) is 34.6 Å². The zero-order chi connectivity index (χ0) is 22.0. The number of imidazole rings is 1. The number of amides is 1. The minimum absolute atomic E-state index is 0.00955. The van der Waals surface area contributed by atoms with Crippen molar-refractivity contribution in [3.05, 3.63) is 60.0 Å². The van der Waals surface area contributed by atoms with Crippen LogP contribution in [0.3, 0.4) is 0 Å². The molecule has 3 N–H and O–H groups in total. The second-order valence-electron chi connectivity index (χ2n) is 7.08. The smallest absolute Gasteiger partial charge is 0.333 e. The van der Waals surface area contributed by atoms with Crippen molar-refractivity contribution < 1.29 is 34.1 Å². The minimum atomic E-state index is -1.16. The quantitative estimate of drug-likeness (QED) is 0.508. The van der Waals surface area contributed by atoms with E-state index in [-0.39, 0.29) is 18.7 Å². The lowest BCUT2D eigenvalue weighted by atomic mass is 10.1. The number of aliphatic hydroxyl groups excluding tert-OH is 1. The Morgan fingerprint density at radius 1 is 1.16 bits per heavy atom. The fourth-order valence-corrected chi connectivity index (χ4v) is 3.28. The molecule has 31 heavy (non-hydrogen) atoms. The lowest BCUT2D eigenvalue weighted by Crippen LogP contribution is -2.42. The molecule has 3 heterocycles. The SMILES string of the molecule is O=Cc1cn2cc(NC(=O)c3ccc(O[C@H]4C[C@@H](O)CC(C(=O)O)O4)cc3)ccc2n1. The van der Waals surface area contributed by atoms with Gasteiger partial charge >= 0.3 is 5.97 Å². The molecule has 0 radical (unpaired) electrons. The molecule has 1 unspecified atom stereocenters. The van der Waals surface area contributed by atoms with E-state index < -0.39 is 24.5 Å². The van der Waals surface area contributed by atoms with Gasteiger partial charge in [-0.1, -0.05) is 0 Å². The predicted octanol–water partition coefficient (Wildman–Crippen LogP) is 1.73. The molecule has 1 aliphatic rings. The molecule has 1 aliphatic heterocycles. The van der Waals surface area contributed by atoms with Gasteiger partial charge in [-0.25, -0.2) is 9.78 Å². The van der Waals surface area contributed by atoms with Crippen molar-refractivity contribution >= 4 is 29.5 Å². The van der Waals surface area contributed by atoms with Crippen LogP contribution in [0.5, 0.6) is 5.75 Å². The molecule has 10 nitrogen and oxygen atoms in total. The van der Waals surface area contributed by atoms with Gasteiger partial charge in [0.1, 0.15) is 17.1 Å². The highest BCUT2D eigenvalue weighted by atomic mass is 16.7. The molecule has 10 heteroatoms. The number of nitrogens with zero attached hydrogens (tertiary/aromatic N) is 2. The Labute approximate surface area is 176 Å². The van der Waals surface area contributed by atoms with E-state index in [2.05, 4.69) is 10.3 Å². The number of benzene rings is 1. The Kier molecular flexibility index (Phi) is 5.65. The Balaban J connectivity index is 1.40. The Morgan fingerprint density at radius 2 is 1.94 bits per heavy atom. The number of carbonyl (C=O) groups is 3. The Bertz CT molecular complexity index is 1130. The monoisotopic (exact) mass is 425 g/mol. The number of anilines is 1. The summed E-state index contributed by atoms with van der Waals surface area (Å²) in [6, 6.07) is 9.59. The van der Waals surface area contributed by atoms with Crippen molar-refractivity contribution in [1.29, 1.82) is 0 Å². The Hall–Kier alpha value is -3.76. The maximum atomic E-state index is 12.5. The maximum absolute atomic E-state index is 12.5. The van der Waals surface area contributed by atoms with Gasteiger partial charge in [0.2, 0.25) is 6.29 Å². The number of rotatable bonds is 6. The Morgan fingerprint density at radius 3 is 2.65 bits per heavy atom. The first kappa shape index (κ1) is 20.5. The number of fused-ring (bicyclic) bond motifs is 1. The summed E-state index contributed by atoms with van der Waals surface area (Å²) in [4.78, 5) is 38.6. The number of hydrogen-bond donors (Lipinski definition) is 3. The zero-order valence-corrected chi connectivity index (χ0v) is 16.2. The first-order valence-corrected chi connectivity index (χ1v) is 9.49. The van der Waals surface area contributed by atoms with Gasteiger partial charge in [0.05, 0.1) is 11.8 Å². The van der Waals surface area contributed by atoms with E-state index in [4.69, 9.17) is 14.6 Å². The summed E-state index contributed by atoms with van der Waals surface area (Å²) >= 11 is 0. The molecule has 0 spiro atoms. The average Bonchev–Trinajstić information content (AvgIpc) is 3.16. The molecule has 1 aromatic carbocycles. The third-order valence-electron chi connectivity index (χ3n) is 4.77. The number of carboxylic acids is 1. The van der Waals surface area contributed by atoms with Gasteiger partial charge in [-0.2, -0.15) is 0 Å². The number of aliphatic hydroxyl groups is 1. The zero-order valence-electron chi connectivity index (χ0n) is 16.2. The van der Waals surface area contributed by atoms with Crippen molar-refractivity contribution in [3.63, 3.8) is 0 Å². The van der Waals surface area contributed by atoms with E-state index >= 15 is 0 Å². The lowest BCUT2D eigenvalue weighted by Gasteiger charge is -2.31. The molecular formula is C21H19N3O7. The third-order valence-corrected chi connectivity index (χ3v) is 4.77. The molecule has 0 aliphatic carbocycles. The molecule has 0 bridgehead atoms. The van der Waals surface area contributed by atoms with Gasteiger partial charge < -0.3 is 29.4 Å². The van der Waals surface area contributed by atoms with Crippen LogP contribution in [0, 0.1) is 0 Å². The minimum Gasteiger partial charge on any atom is -0.479 e. The number of aldehydes is 1. The van der Waals surface area contributed by atoms with E-state index in [1.807, 2.05) is 0 Å². The topological polar surface area (TPSA) is 139 Å². The molecular weight excluding hydrogens is 406 g/mol. The van der Waals surface area contributed by atoms with Gasteiger partial charge in [0, 0.05) is 30.8 Å². The van der Waals surface area contributed by atoms with E-state index in [0.717, 1.165) is 0 Å². The van der Waals surface area contributed by atoms with Gasteiger partial charge in [-0.05, 0) is 36.4 Å². The van der Waals surface area contributed by atoms with Crippen LogP contribution in [-0.2, 0) is 9.53 Å². The van der Waals surface area contributed by atoms with Crippen LogP contribution >= 0.6 is 0 Å². The van der Waals surface area contributed by atoms with Crippen molar-refractivity contribution in [3.8, 4) is 5.75 Å². The number of aromatic nitrogens is 2. The molecule has 2 aromatic heterocycles. The van der Waals surface area contributed by atoms with Crippen molar-refractivity contribution in [2.24, 2.45) is 0 Å². The lowest BCUT2D eigenvalue weighted by molar-refractivity contribution is -0.195. The second kappa shape index (κ2) is 8.54. The summed E-state index contributed by atoms with van der Waals surface area (Å²) < 4.78 is 12.6. The summed E-state index contributed by atoms with van der Waals surface area (Å²) in [6.07, 6.45) is 1.15. The predicted molar refractivity (Wildman–Crippen MR) is 107 cm³/mol. The number of carboxylic acid groups (broad SMARTS) is 1. The van der Waals surface area contributed by atoms with Crippen molar-refractivity contribution in [1.82, 2.24) is 9.38 Å². The number of pyridine rings is 1. The first-order chi connectivity index (χ1) is 14.9. The molecule has 0 saturated carbocycles. The largest absolute Gasteiger partial charge is 0.479 e. The highest BCUT2D eigenvalue weighted by molar-refractivity contribution is 6.04. The third kappa shape index (κ3) is 4.71. The number of ether oxygens (including phenoxy) is 2. The fraction of sp³-hybridized carbons (Fsp3) is 0.238. The molecule has 4 rings (SSSR count). The van der Waals surface area contributed by atoms with Crippen LogP contribution in [0.2, 0.25) is 0 Å². The second-order valence-corrected chi connectivity index (χ2v) is 7.08. The van der Waals surface area contributed by atoms with Crippen LogP contribution in [-0.4, -0.2) is 56.3 Å². The summed E-state index contributed by atoms with van der Waals surface area (Å²) in [5, 5.41) is 21.7. The van der Waals surface area contributed by atoms with Gasteiger partial charge in [-0.3, -0.25) is 9.59 Å². The maximum Gasteiger partial charge on any atom is 0.333 e. The van der Waals surface area contributed by atoms with Gasteiger partial charge in [0.15, 0.2) is 12.4 Å². The number of carbonyl (C=O) groups excluding carboxylic acids is 2. The molecule has 1 amide bonds. The molecule has 1 fully saturated rings. The van der Waals surface area contributed by atoms with Crippen molar-refractivity contribution in [2.45, 2.75) is 31.3 Å². The molecule has 3 atom stereocenters. The number of aliphatic carboxylic acids is 1. The summed E-state index contributed by atoms with van der Waals surface area (Å²) in [7, 11) is 0. The van der Waals surface area contributed by atoms with Crippen LogP contribution in [0.4, 0.5) is 5.69 Å². The summed E-state index contributed by atoms with van der Waals surface area (Å²) in [5.41, 5.74) is 1.78. The van der Waals surface area contributed by atoms with Gasteiger partial charge in [0.25, 0.3) is 5.91 Å². The molecule has 160 valence electrons. The molecule has 1 saturated heterocycles. The van der Waals surface area contributed by atoms with E-state index in [9.17, 15) is 19.5 Å². The normalized spacial score (nSPS) is 20.9. The van der Waals surface area contributed by atoms with Crippen LogP contribution in [0.15, 0.2) is 48.8 Å². The summed E-state index contributed by atoms with van der Waals surface area (Å²) in [5.74, 6) is -1.13. The van der Waals surface area contributed by atoms with E-state index in [1.54, 1.807) is 53.2 Å². The highest BCUT2D eigenvalue weighted by Gasteiger charge is 2.33. The van der Waals surface area contributed by atoms with Crippen molar-refractivity contribution in [2.75, 3.05) is 5.32 Å². The summed E-state index contributed by atoms with van der Waals surface area (Å²) in [6.45, 7) is 0. The van der Waals surface area contributed by atoms with Crippen LogP contribution in [0.1, 0.15) is 33.7 Å². The highest BCUT2D eigenvalue weighted by Crippen LogP contribution is 2.24. The van der Waals surface area contributed by atoms with Crippen LogP contribution in [0.25, 0.3) is 5.65 Å². The number of hydrogen-bond acceptors (Lipinski definition) is 7. The first-order valence-electron chi connectivity index (χ1n) is 9.49. The fourth-order valence-electron chi connectivity index (χ4n) is 3.28. The van der Waals surface area contributed by atoms with Crippen LogP contribution < -0.4 is 10.1 Å². The molecule has 3 aromatic rings. The van der Waals surface area contributed by atoms with Gasteiger partial charge in [-0.15, -0.1) is 0 Å². The number of nitrogens with one attached hydrogen (secondary N) is 1.